The molecule has 20 heavy (non-hydrogen) atoms. The molecule has 2 rings (SSSR count). The fourth-order valence-corrected chi connectivity index (χ4v) is 2.41. The summed E-state index contributed by atoms with van der Waals surface area (Å²) < 4.78 is 23.9. The lowest BCUT2D eigenvalue weighted by Crippen LogP contribution is -2.18. The number of aryl methyl sites for hydroxylation is 1. The lowest BCUT2D eigenvalue weighted by Gasteiger charge is -2.03. The third-order valence-corrected chi connectivity index (χ3v) is 3.91. The van der Waals surface area contributed by atoms with E-state index in [0.29, 0.717) is 10.7 Å². The molecule has 0 spiro atoms. The second-order valence-corrected chi connectivity index (χ2v) is 6.13. The molecule has 0 atom stereocenters. The van der Waals surface area contributed by atoms with Crippen molar-refractivity contribution in [2.75, 3.05) is 0 Å². The third-order valence-electron chi connectivity index (χ3n) is 2.47. The number of aromatic nitrogens is 1. The number of hydrazone groups is 1. The smallest absolute Gasteiger partial charge is 0.245 e. The SMILES string of the molecule is Cc1ccc(S(=O)(=O)N/N=C/c2ccnc(Cl)c2)cc1. The highest BCUT2D eigenvalue weighted by Crippen LogP contribution is 2.10. The van der Waals surface area contributed by atoms with Gasteiger partial charge in [0, 0.05) is 6.20 Å². The Kier molecular flexibility index (Phi) is 4.36. The fourth-order valence-electron chi connectivity index (χ4n) is 1.44. The molecule has 0 unspecified atom stereocenters. The molecule has 2 aromatic rings. The van der Waals surface area contributed by atoms with Crippen molar-refractivity contribution in [1.29, 1.82) is 0 Å². The number of rotatable bonds is 4. The Bertz CT molecular complexity index is 728. The van der Waals surface area contributed by atoms with Crippen LogP contribution in [0, 0.1) is 6.92 Å². The number of benzene rings is 1. The van der Waals surface area contributed by atoms with Gasteiger partial charge in [-0.1, -0.05) is 29.3 Å². The Morgan fingerprint density at radius 1 is 1.25 bits per heavy atom. The lowest BCUT2D eigenvalue weighted by molar-refractivity contribution is 0.584. The van der Waals surface area contributed by atoms with Gasteiger partial charge in [-0.25, -0.2) is 9.82 Å². The number of hydrogen-bond acceptors (Lipinski definition) is 4. The summed E-state index contributed by atoms with van der Waals surface area (Å²) in [5.41, 5.74) is 1.63. The Morgan fingerprint density at radius 3 is 2.60 bits per heavy atom. The van der Waals surface area contributed by atoms with E-state index >= 15 is 0 Å². The summed E-state index contributed by atoms with van der Waals surface area (Å²) in [7, 11) is -3.65. The van der Waals surface area contributed by atoms with Gasteiger partial charge >= 0.3 is 0 Å². The molecule has 1 aromatic heterocycles. The molecule has 0 fully saturated rings. The van der Waals surface area contributed by atoms with Crippen LogP contribution in [-0.2, 0) is 10.0 Å². The Balaban J connectivity index is 2.11. The molecular formula is C13H12ClN3O2S. The van der Waals surface area contributed by atoms with Crippen LogP contribution in [0.1, 0.15) is 11.1 Å². The van der Waals surface area contributed by atoms with Gasteiger partial charge in [-0.2, -0.15) is 13.5 Å². The number of sulfonamides is 1. The normalized spacial score (nSPS) is 11.7. The van der Waals surface area contributed by atoms with E-state index in [0.717, 1.165) is 5.56 Å². The summed E-state index contributed by atoms with van der Waals surface area (Å²) in [6.45, 7) is 1.88. The molecule has 0 aliphatic heterocycles. The quantitative estimate of drug-likeness (QED) is 0.535. The maximum Gasteiger partial charge on any atom is 0.276 e. The number of pyridine rings is 1. The summed E-state index contributed by atoms with van der Waals surface area (Å²) in [5.74, 6) is 0. The molecule has 1 heterocycles. The zero-order chi connectivity index (χ0) is 14.6. The van der Waals surface area contributed by atoms with Crippen LogP contribution in [-0.4, -0.2) is 19.6 Å². The standard InChI is InChI=1S/C13H12ClN3O2S/c1-10-2-4-12(5-3-10)20(18,19)17-16-9-11-6-7-15-13(14)8-11/h2-9,17H,1H3/b16-9+. The maximum atomic E-state index is 11.9. The van der Waals surface area contributed by atoms with Crippen LogP contribution in [0.5, 0.6) is 0 Å². The van der Waals surface area contributed by atoms with Gasteiger partial charge in [-0.3, -0.25) is 0 Å². The molecular weight excluding hydrogens is 298 g/mol. The van der Waals surface area contributed by atoms with Crippen molar-refractivity contribution in [2.24, 2.45) is 5.10 Å². The second-order valence-electron chi connectivity index (χ2n) is 4.08. The van der Waals surface area contributed by atoms with Crippen LogP contribution >= 0.6 is 11.6 Å². The van der Waals surface area contributed by atoms with Gasteiger partial charge in [-0.05, 0) is 36.8 Å². The molecule has 7 heteroatoms. The van der Waals surface area contributed by atoms with E-state index in [4.69, 9.17) is 11.6 Å². The largest absolute Gasteiger partial charge is 0.276 e. The van der Waals surface area contributed by atoms with Crippen LogP contribution in [0.15, 0.2) is 52.6 Å². The summed E-state index contributed by atoms with van der Waals surface area (Å²) in [6, 6.07) is 9.73. The van der Waals surface area contributed by atoms with Crippen molar-refractivity contribution in [3.05, 3.63) is 58.9 Å². The summed E-state index contributed by atoms with van der Waals surface area (Å²) in [6.07, 6.45) is 2.87. The van der Waals surface area contributed by atoms with E-state index in [1.165, 1.54) is 24.5 Å². The number of nitrogens with one attached hydrogen (secondary N) is 1. The van der Waals surface area contributed by atoms with Gasteiger partial charge in [0.1, 0.15) is 5.15 Å². The molecule has 0 saturated heterocycles. The fraction of sp³-hybridized carbons (Fsp3) is 0.0769. The van der Waals surface area contributed by atoms with Crippen molar-refractivity contribution in [3.63, 3.8) is 0 Å². The molecule has 0 amide bonds. The predicted octanol–water partition coefficient (Wildman–Crippen LogP) is 2.36. The molecule has 5 nitrogen and oxygen atoms in total. The maximum absolute atomic E-state index is 11.9. The van der Waals surface area contributed by atoms with E-state index in [-0.39, 0.29) is 4.90 Å². The topological polar surface area (TPSA) is 71.4 Å². The van der Waals surface area contributed by atoms with E-state index < -0.39 is 10.0 Å². The van der Waals surface area contributed by atoms with Gasteiger partial charge < -0.3 is 0 Å². The molecule has 0 aliphatic rings. The molecule has 1 N–H and O–H groups in total. The van der Waals surface area contributed by atoms with E-state index in [9.17, 15) is 8.42 Å². The number of halogens is 1. The minimum Gasteiger partial charge on any atom is -0.245 e. The van der Waals surface area contributed by atoms with Crippen LogP contribution in [0.3, 0.4) is 0 Å². The predicted molar refractivity (Wildman–Crippen MR) is 78.3 cm³/mol. The minimum atomic E-state index is -3.65. The van der Waals surface area contributed by atoms with Gasteiger partial charge in [0.15, 0.2) is 0 Å². The Hall–Kier alpha value is -1.92. The molecule has 104 valence electrons. The minimum absolute atomic E-state index is 0.160. The Morgan fingerprint density at radius 2 is 1.95 bits per heavy atom. The first kappa shape index (κ1) is 14.5. The molecule has 1 aromatic carbocycles. The van der Waals surface area contributed by atoms with Gasteiger partial charge in [0.25, 0.3) is 10.0 Å². The van der Waals surface area contributed by atoms with Gasteiger partial charge in [0.05, 0.1) is 11.1 Å². The highest BCUT2D eigenvalue weighted by atomic mass is 35.5. The van der Waals surface area contributed by atoms with Crippen molar-refractivity contribution in [1.82, 2.24) is 9.82 Å². The van der Waals surface area contributed by atoms with E-state index in [1.54, 1.807) is 24.3 Å². The highest BCUT2D eigenvalue weighted by molar-refractivity contribution is 7.89. The zero-order valence-electron chi connectivity index (χ0n) is 10.6. The van der Waals surface area contributed by atoms with Crippen LogP contribution in [0.25, 0.3) is 0 Å². The van der Waals surface area contributed by atoms with Crippen LogP contribution in [0.2, 0.25) is 5.15 Å². The summed E-state index contributed by atoms with van der Waals surface area (Å²) in [4.78, 5) is 6.12. The average Bonchev–Trinajstić information content (AvgIpc) is 2.39. The summed E-state index contributed by atoms with van der Waals surface area (Å²) >= 11 is 5.71. The average molecular weight is 310 g/mol. The molecule has 0 bridgehead atoms. The van der Waals surface area contributed by atoms with Crippen molar-refractivity contribution >= 4 is 27.8 Å². The van der Waals surface area contributed by atoms with Crippen LogP contribution < -0.4 is 4.83 Å². The third kappa shape index (κ3) is 3.79. The monoisotopic (exact) mass is 309 g/mol. The van der Waals surface area contributed by atoms with Crippen LogP contribution in [0.4, 0.5) is 0 Å². The molecule has 0 radical (unpaired) electrons. The molecule has 0 aliphatic carbocycles. The first-order chi connectivity index (χ1) is 9.47. The lowest BCUT2D eigenvalue weighted by atomic mass is 10.2. The first-order valence-electron chi connectivity index (χ1n) is 5.70. The number of nitrogens with zero attached hydrogens (tertiary/aromatic N) is 2. The van der Waals surface area contributed by atoms with Crippen molar-refractivity contribution < 1.29 is 8.42 Å². The summed E-state index contributed by atoms with van der Waals surface area (Å²) in [5, 5.41) is 4.02. The van der Waals surface area contributed by atoms with Gasteiger partial charge in [-0.15, -0.1) is 0 Å². The zero-order valence-corrected chi connectivity index (χ0v) is 12.2. The van der Waals surface area contributed by atoms with Crippen molar-refractivity contribution in [3.8, 4) is 0 Å². The number of hydrogen-bond donors (Lipinski definition) is 1. The van der Waals surface area contributed by atoms with Gasteiger partial charge in [0.2, 0.25) is 0 Å². The highest BCUT2D eigenvalue weighted by Gasteiger charge is 2.11. The van der Waals surface area contributed by atoms with E-state index in [2.05, 4.69) is 14.9 Å². The molecule has 0 saturated carbocycles. The second kappa shape index (κ2) is 6.02. The first-order valence-corrected chi connectivity index (χ1v) is 7.56. The van der Waals surface area contributed by atoms with E-state index in [1.807, 2.05) is 6.92 Å². The Labute approximate surface area is 122 Å². The van der Waals surface area contributed by atoms with Crippen molar-refractivity contribution in [2.45, 2.75) is 11.8 Å².